The highest BCUT2D eigenvalue weighted by Gasteiger charge is 2.27. The molecular weight excluding hydrogens is 222 g/mol. The molecule has 2 amide bonds. The lowest BCUT2D eigenvalue weighted by Gasteiger charge is -2.40. The van der Waals surface area contributed by atoms with Gasteiger partial charge < -0.3 is 14.9 Å². The molecule has 0 aromatic rings. The molecule has 1 aliphatic rings. The maximum Gasteiger partial charge on any atom is 0.323 e. The first-order chi connectivity index (χ1) is 7.95. The van der Waals surface area contributed by atoms with Crippen molar-refractivity contribution < 1.29 is 14.7 Å². The smallest absolute Gasteiger partial charge is 0.323 e. The van der Waals surface area contributed by atoms with E-state index in [2.05, 4.69) is 18.7 Å². The van der Waals surface area contributed by atoms with Gasteiger partial charge in [0.1, 0.15) is 6.54 Å². The lowest BCUT2D eigenvalue weighted by atomic mass is 10.2. The molecule has 1 aliphatic heterocycles. The molecule has 17 heavy (non-hydrogen) atoms. The molecular formula is C11H21N3O3. The Balaban J connectivity index is 2.51. The van der Waals surface area contributed by atoms with Crippen LogP contribution in [0.1, 0.15) is 13.8 Å². The van der Waals surface area contributed by atoms with Crippen molar-refractivity contribution in [1.29, 1.82) is 0 Å². The number of rotatable bonds is 3. The SMILES string of the molecule is CCN1CCN(C(=O)N(C)CC(=O)O)CC1C. The van der Waals surface area contributed by atoms with Gasteiger partial charge in [0.2, 0.25) is 0 Å². The van der Waals surface area contributed by atoms with Crippen molar-refractivity contribution in [3.8, 4) is 0 Å². The van der Waals surface area contributed by atoms with E-state index in [-0.39, 0.29) is 12.6 Å². The molecule has 0 aromatic heterocycles. The zero-order valence-corrected chi connectivity index (χ0v) is 10.7. The number of carbonyl (C=O) groups is 2. The van der Waals surface area contributed by atoms with Crippen LogP contribution in [0.2, 0.25) is 0 Å². The molecule has 0 aliphatic carbocycles. The van der Waals surface area contributed by atoms with Crippen molar-refractivity contribution >= 4 is 12.0 Å². The molecule has 1 saturated heterocycles. The Hall–Kier alpha value is -1.30. The summed E-state index contributed by atoms with van der Waals surface area (Å²) in [4.78, 5) is 27.8. The zero-order chi connectivity index (χ0) is 13.0. The number of hydrogen-bond donors (Lipinski definition) is 1. The highest BCUT2D eigenvalue weighted by atomic mass is 16.4. The van der Waals surface area contributed by atoms with Crippen molar-refractivity contribution in [2.24, 2.45) is 0 Å². The van der Waals surface area contributed by atoms with Crippen LogP contribution in [-0.2, 0) is 4.79 Å². The van der Waals surface area contributed by atoms with Crippen LogP contribution in [0.5, 0.6) is 0 Å². The van der Waals surface area contributed by atoms with E-state index in [9.17, 15) is 9.59 Å². The van der Waals surface area contributed by atoms with Gasteiger partial charge in [-0.05, 0) is 13.5 Å². The van der Waals surface area contributed by atoms with Crippen molar-refractivity contribution in [3.05, 3.63) is 0 Å². The lowest BCUT2D eigenvalue weighted by Crippen LogP contribution is -2.56. The number of amides is 2. The third kappa shape index (κ3) is 3.59. The maximum absolute atomic E-state index is 11.9. The largest absolute Gasteiger partial charge is 0.480 e. The second-order valence-electron chi connectivity index (χ2n) is 4.46. The van der Waals surface area contributed by atoms with Crippen molar-refractivity contribution in [2.75, 3.05) is 39.8 Å². The molecule has 1 unspecified atom stereocenters. The molecule has 0 radical (unpaired) electrons. The molecule has 1 rings (SSSR count). The monoisotopic (exact) mass is 243 g/mol. The van der Waals surface area contributed by atoms with Crippen LogP contribution in [0.3, 0.4) is 0 Å². The molecule has 1 atom stereocenters. The van der Waals surface area contributed by atoms with Crippen LogP contribution in [0.15, 0.2) is 0 Å². The van der Waals surface area contributed by atoms with Crippen LogP contribution in [-0.4, -0.2) is 77.6 Å². The Morgan fingerprint density at radius 3 is 2.53 bits per heavy atom. The Bertz CT molecular complexity index is 296. The van der Waals surface area contributed by atoms with Crippen LogP contribution in [0.4, 0.5) is 4.79 Å². The number of hydrogen-bond acceptors (Lipinski definition) is 3. The number of aliphatic carboxylic acids is 1. The predicted octanol–water partition coefficient (Wildman–Crippen LogP) is 0.149. The lowest BCUT2D eigenvalue weighted by molar-refractivity contribution is -0.137. The third-order valence-electron chi connectivity index (χ3n) is 3.14. The first kappa shape index (κ1) is 13.8. The quantitative estimate of drug-likeness (QED) is 0.766. The highest BCUT2D eigenvalue weighted by molar-refractivity contribution is 5.80. The van der Waals surface area contributed by atoms with Crippen LogP contribution >= 0.6 is 0 Å². The molecule has 0 spiro atoms. The van der Waals surface area contributed by atoms with E-state index >= 15 is 0 Å². The van der Waals surface area contributed by atoms with E-state index in [0.717, 1.165) is 13.1 Å². The van der Waals surface area contributed by atoms with Crippen molar-refractivity contribution in [2.45, 2.75) is 19.9 Å². The van der Waals surface area contributed by atoms with Gasteiger partial charge in [-0.2, -0.15) is 0 Å². The summed E-state index contributed by atoms with van der Waals surface area (Å²) in [5.41, 5.74) is 0. The summed E-state index contributed by atoms with van der Waals surface area (Å²) in [6.07, 6.45) is 0. The fourth-order valence-electron chi connectivity index (χ4n) is 2.15. The second kappa shape index (κ2) is 5.86. The number of carbonyl (C=O) groups excluding carboxylic acids is 1. The van der Waals surface area contributed by atoms with Gasteiger partial charge in [-0.3, -0.25) is 9.69 Å². The fourth-order valence-corrected chi connectivity index (χ4v) is 2.15. The number of nitrogens with zero attached hydrogens (tertiary/aromatic N) is 3. The average molecular weight is 243 g/mol. The molecule has 98 valence electrons. The minimum Gasteiger partial charge on any atom is -0.480 e. The highest BCUT2D eigenvalue weighted by Crippen LogP contribution is 2.10. The molecule has 6 heteroatoms. The first-order valence-corrected chi connectivity index (χ1v) is 5.91. The molecule has 0 aromatic carbocycles. The molecule has 1 N–H and O–H groups in total. The van der Waals surface area contributed by atoms with Gasteiger partial charge >= 0.3 is 12.0 Å². The number of urea groups is 1. The summed E-state index contributed by atoms with van der Waals surface area (Å²) in [6.45, 7) is 7.10. The Morgan fingerprint density at radius 2 is 2.06 bits per heavy atom. The minimum atomic E-state index is -0.985. The maximum atomic E-state index is 11.9. The summed E-state index contributed by atoms with van der Waals surface area (Å²) in [7, 11) is 1.52. The molecule has 1 fully saturated rings. The van der Waals surface area contributed by atoms with Gasteiger partial charge in [-0.1, -0.05) is 6.92 Å². The van der Waals surface area contributed by atoms with Gasteiger partial charge in [-0.25, -0.2) is 4.79 Å². The van der Waals surface area contributed by atoms with Gasteiger partial charge in [-0.15, -0.1) is 0 Å². The summed E-state index contributed by atoms with van der Waals surface area (Å²) < 4.78 is 0. The summed E-state index contributed by atoms with van der Waals surface area (Å²) in [6, 6.07) is 0.130. The predicted molar refractivity (Wildman–Crippen MR) is 63.9 cm³/mol. The second-order valence-corrected chi connectivity index (χ2v) is 4.46. The Labute approximate surface area is 102 Å². The zero-order valence-electron chi connectivity index (χ0n) is 10.7. The number of carboxylic acids is 1. The van der Waals surface area contributed by atoms with Crippen molar-refractivity contribution in [1.82, 2.24) is 14.7 Å². The summed E-state index contributed by atoms with van der Waals surface area (Å²) in [5.74, 6) is -0.985. The number of likely N-dealkylation sites (N-methyl/N-ethyl adjacent to an activating group) is 2. The summed E-state index contributed by atoms with van der Waals surface area (Å²) in [5, 5.41) is 8.64. The van der Waals surface area contributed by atoms with E-state index in [0.29, 0.717) is 19.1 Å². The van der Waals surface area contributed by atoms with E-state index < -0.39 is 5.97 Å². The Morgan fingerprint density at radius 1 is 1.41 bits per heavy atom. The number of carboxylic acid groups (broad SMARTS) is 1. The first-order valence-electron chi connectivity index (χ1n) is 5.91. The van der Waals surface area contributed by atoms with Crippen molar-refractivity contribution in [3.63, 3.8) is 0 Å². The van der Waals surface area contributed by atoms with E-state index in [1.165, 1.54) is 11.9 Å². The summed E-state index contributed by atoms with van der Waals surface area (Å²) >= 11 is 0. The third-order valence-corrected chi connectivity index (χ3v) is 3.14. The molecule has 0 bridgehead atoms. The van der Waals surface area contributed by atoms with Gasteiger partial charge in [0, 0.05) is 32.7 Å². The minimum absolute atomic E-state index is 0.199. The van der Waals surface area contributed by atoms with Gasteiger partial charge in [0.15, 0.2) is 0 Å². The van der Waals surface area contributed by atoms with Gasteiger partial charge in [0.25, 0.3) is 0 Å². The van der Waals surface area contributed by atoms with Crippen LogP contribution in [0.25, 0.3) is 0 Å². The molecule has 0 saturated carbocycles. The normalized spacial score (nSPS) is 21.4. The molecule has 6 nitrogen and oxygen atoms in total. The van der Waals surface area contributed by atoms with Gasteiger partial charge in [0.05, 0.1) is 0 Å². The fraction of sp³-hybridized carbons (Fsp3) is 0.818. The molecule has 1 heterocycles. The van der Waals surface area contributed by atoms with Crippen LogP contribution in [0, 0.1) is 0 Å². The standard InChI is InChI=1S/C11H21N3O3/c1-4-13-5-6-14(7-9(13)2)11(17)12(3)8-10(15)16/h9H,4-8H2,1-3H3,(H,15,16). The number of piperazine rings is 1. The van der Waals surface area contributed by atoms with E-state index in [1.54, 1.807) is 4.90 Å². The van der Waals surface area contributed by atoms with E-state index in [1.807, 2.05) is 0 Å². The Kier molecular flexibility index (Phi) is 4.74. The van der Waals surface area contributed by atoms with E-state index in [4.69, 9.17) is 5.11 Å². The van der Waals surface area contributed by atoms with Crippen LogP contribution < -0.4 is 0 Å². The topological polar surface area (TPSA) is 64.1 Å². The average Bonchev–Trinajstić information content (AvgIpc) is 2.27.